The van der Waals surface area contributed by atoms with Gasteiger partial charge < -0.3 is 39.9 Å². The number of phosphoric acid groups is 1. The molecule has 2 fully saturated rings. The summed E-state index contributed by atoms with van der Waals surface area (Å²) in [7, 11) is -4.44. The molecule has 3 atom stereocenters. The third kappa shape index (κ3) is 11.8. The zero-order valence-electron chi connectivity index (χ0n) is 18.0. The number of thioether (sulfide) groups is 1. The van der Waals surface area contributed by atoms with Crippen LogP contribution in [0.4, 0.5) is 4.79 Å². The highest BCUT2D eigenvalue weighted by Crippen LogP contribution is 2.35. The Hall–Kier alpha value is -0.920. The van der Waals surface area contributed by atoms with Crippen LogP contribution in [0.15, 0.2) is 0 Å². The lowest BCUT2D eigenvalue weighted by Crippen LogP contribution is -2.36. The first-order valence-electron chi connectivity index (χ1n) is 10.7. The zero-order chi connectivity index (χ0) is 23.2. The van der Waals surface area contributed by atoms with Crippen molar-refractivity contribution in [3.63, 3.8) is 0 Å². The fourth-order valence-corrected chi connectivity index (χ4v) is 5.24. The van der Waals surface area contributed by atoms with Gasteiger partial charge in [-0.1, -0.05) is 6.42 Å². The van der Waals surface area contributed by atoms with Gasteiger partial charge >= 0.3 is 13.9 Å². The number of hydrogen-bond donors (Lipinski definition) is 5. The number of carbonyl (C=O) groups is 2. The highest BCUT2D eigenvalue weighted by atomic mass is 32.2. The number of ether oxygens (including phenoxy) is 3. The van der Waals surface area contributed by atoms with Gasteiger partial charge in [-0.3, -0.25) is 9.32 Å². The van der Waals surface area contributed by atoms with Crippen LogP contribution in [0.2, 0.25) is 0 Å². The van der Waals surface area contributed by atoms with Crippen molar-refractivity contribution in [2.45, 2.75) is 43.0 Å². The molecule has 2 aliphatic heterocycles. The molecule has 3 unspecified atom stereocenters. The Labute approximate surface area is 192 Å². The van der Waals surface area contributed by atoms with Crippen molar-refractivity contribution in [3.8, 4) is 0 Å². The number of phosphoric ester groups is 1. The van der Waals surface area contributed by atoms with Crippen molar-refractivity contribution in [2.75, 3.05) is 58.5 Å². The Morgan fingerprint density at radius 2 is 1.69 bits per heavy atom. The number of rotatable bonds is 18. The van der Waals surface area contributed by atoms with E-state index >= 15 is 0 Å². The summed E-state index contributed by atoms with van der Waals surface area (Å²) in [4.78, 5) is 40.2. The maximum absolute atomic E-state index is 11.9. The Morgan fingerprint density at radius 1 is 1.03 bits per heavy atom. The smallest absolute Gasteiger partial charge is 0.377 e. The van der Waals surface area contributed by atoms with Crippen LogP contribution < -0.4 is 16.0 Å². The zero-order valence-corrected chi connectivity index (χ0v) is 19.7. The second kappa shape index (κ2) is 15.1. The first kappa shape index (κ1) is 27.3. The molecule has 2 saturated heterocycles. The van der Waals surface area contributed by atoms with Crippen LogP contribution in [0.25, 0.3) is 0 Å². The van der Waals surface area contributed by atoms with Gasteiger partial charge in [-0.15, -0.1) is 0 Å². The van der Waals surface area contributed by atoms with E-state index < -0.39 is 7.82 Å². The highest BCUT2D eigenvalue weighted by Gasteiger charge is 2.42. The van der Waals surface area contributed by atoms with Crippen LogP contribution in [0.1, 0.15) is 25.7 Å². The molecule has 2 heterocycles. The van der Waals surface area contributed by atoms with Crippen LogP contribution >= 0.6 is 19.6 Å². The van der Waals surface area contributed by atoms with Crippen LogP contribution in [-0.2, 0) is 28.1 Å². The van der Waals surface area contributed by atoms with Gasteiger partial charge in [-0.05, 0) is 12.8 Å². The second-order valence-electron chi connectivity index (χ2n) is 7.38. The molecule has 14 heteroatoms. The summed E-state index contributed by atoms with van der Waals surface area (Å²) in [5.74, 6) is 0.961. The molecule has 0 aromatic rings. The molecule has 0 saturated carbocycles. The van der Waals surface area contributed by atoms with E-state index in [-0.39, 0.29) is 43.8 Å². The molecule has 0 aromatic heterocycles. The van der Waals surface area contributed by atoms with E-state index in [4.69, 9.17) is 24.0 Å². The maximum Gasteiger partial charge on any atom is 0.469 e. The first-order valence-corrected chi connectivity index (χ1v) is 13.3. The number of unbranched alkanes of at least 4 members (excludes halogenated alkanes) is 1. The molecule has 186 valence electrons. The van der Waals surface area contributed by atoms with E-state index in [1.54, 1.807) is 0 Å². The van der Waals surface area contributed by atoms with Crippen LogP contribution in [-0.4, -0.2) is 97.6 Å². The summed E-state index contributed by atoms with van der Waals surface area (Å²) in [6.45, 7) is 2.13. The average molecular weight is 500 g/mol. The van der Waals surface area contributed by atoms with Crippen molar-refractivity contribution < 1.29 is 42.7 Å². The van der Waals surface area contributed by atoms with Gasteiger partial charge in [0.1, 0.15) is 0 Å². The maximum atomic E-state index is 11.9. The van der Waals surface area contributed by atoms with Gasteiger partial charge in [-0.2, -0.15) is 11.8 Å². The predicted molar refractivity (Wildman–Crippen MR) is 117 cm³/mol. The minimum atomic E-state index is -4.44. The largest absolute Gasteiger partial charge is 0.469 e. The van der Waals surface area contributed by atoms with Gasteiger partial charge in [0, 0.05) is 24.0 Å². The molecule has 0 aromatic carbocycles. The third-order valence-corrected chi connectivity index (χ3v) is 6.91. The summed E-state index contributed by atoms with van der Waals surface area (Å²) >= 11 is 1.88. The lowest BCUT2D eigenvalue weighted by Gasteiger charge is -2.16. The van der Waals surface area contributed by atoms with Crippen molar-refractivity contribution >= 4 is 31.5 Å². The van der Waals surface area contributed by atoms with Crippen LogP contribution in [0, 0.1) is 0 Å². The van der Waals surface area contributed by atoms with E-state index in [0.717, 1.165) is 25.0 Å². The van der Waals surface area contributed by atoms with Crippen molar-refractivity contribution in [2.24, 2.45) is 0 Å². The van der Waals surface area contributed by atoms with Crippen molar-refractivity contribution in [3.05, 3.63) is 0 Å². The molecule has 0 radical (unpaired) electrons. The summed E-state index contributed by atoms with van der Waals surface area (Å²) in [6.07, 6.45) is 3.26. The molecule has 32 heavy (non-hydrogen) atoms. The van der Waals surface area contributed by atoms with E-state index in [1.165, 1.54) is 0 Å². The SMILES string of the molecule is O=C(CCCCC1SCC2NC(=O)NC21)NCCOCCOCCOCCOP(=O)(O)O. The first-order chi connectivity index (χ1) is 15.3. The highest BCUT2D eigenvalue weighted by molar-refractivity contribution is 8.00. The van der Waals surface area contributed by atoms with Crippen molar-refractivity contribution in [1.29, 1.82) is 0 Å². The molecule has 5 N–H and O–H groups in total. The van der Waals surface area contributed by atoms with E-state index in [0.29, 0.717) is 44.6 Å². The molecule has 12 nitrogen and oxygen atoms in total. The Kier molecular flexibility index (Phi) is 12.9. The Bertz CT molecular complexity index is 625. The summed E-state index contributed by atoms with van der Waals surface area (Å²) in [6, 6.07) is 0.379. The number of amides is 3. The Morgan fingerprint density at radius 3 is 2.38 bits per heavy atom. The number of hydrogen-bond acceptors (Lipinski definition) is 8. The van der Waals surface area contributed by atoms with Gasteiger partial charge in [0.25, 0.3) is 0 Å². The molecule has 0 aliphatic carbocycles. The predicted octanol–water partition coefficient (Wildman–Crippen LogP) is -0.0125. The number of urea groups is 1. The summed E-state index contributed by atoms with van der Waals surface area (Å²) < 4.78 is 30.4. The molecular formula is C18H34N3O9PS. The number of carbonyl (C=O) groups excluding carboxylic acids is 2. The molecule has 0 spiro atoms. The molecule has 3 amide bonds. The molecule has 2 aliphatic rings. The third-order valence-electron chi connectivity index (χ3n) is 4.88. The summed E-state index contributed by atoms with van der Waals surface area (Å²) in [5, 5.41) is 9.16. The normalized spacial score (nSPS) is 22.4. The number of nitrogens with one attached hydrogen (secondary N) is 3. The molecule has 0 bridgehead atoms. The molecular weight excluding hydrogens is 465 g/mol. The van der Waals surface area contributed by atoms with Gasteiger partial charge in [0.05, 0.1) is 58.3 Å². The Balaban J connectivity index is 1.30. The van der Waals surface area contributed by atoms with Crippen LogP contribution in [0.3, 0.4) is 0 Å². The summed E-state index contributed by atoms with van der Waals surface area (Å²) in [5.41, 5.74) is 0. The second-order valence-corrected chi connectivity index (χ2v) is 9.89. The van der Waals surface area contributed by atoms with Gasteiger partial charge in [0.2, 0.25) is 5.91 Å². The fraction of sp³-hybridized carbons (Fsp3) is 0.889. The topological polar surface area (TPSA) is 165 Å². The van der Waals surface area contributed by atoms with Crippen LogP contribution in [0.5, 0.6) is 0 Å². The van der Waals surface area contributed by atoms with E-state index in [1.807, 2.05) is 11.8 Å². The fourth-order valence-electron chi connectivity index (χ4n) is 3.38. The lowest BCUT2D eigenvalue weighted by molar-refractivity contribution is -0.121. The van der Waals surface area contributed by atoms with Crippen molar-refractivity contribution in [1.82, 2.24) is 16.0 Å². The van der Waals surface area contributed by atoms with E-state index in [2.05, 4.69) is 20.5 Å². The minimum Gasteiger partial charge on any atom is -0.377 e. The minimum absolute atomic E-state index is 0.0116. The molecule has 2 rings (SSSR count). The van der Waals surface area contributed by atoms with Gasteiger partial charge in [-0.25, -0.2) is 9.36 Å². The lowest BCUT2D eigenvalue weighted by atomic mass is 10.0. The monoisotopic (exact) mass is 499 g/mol. The average Bonchev–Trinajstić information content (AvgIpc) is 3.27. The standard InChI is InChI=1S/C18H34N3O9PS/c22-16(4-2-1-3-15-17-14(13-32-15)20-18(23)21-17)19-5-6-27-7-8-28-9-10-29-11-12-30-31(24,25)26/h14-15,17H,1-13H2,(H,19,22)(H2,20,21,23)(H2,24,25,26). The quantitative estimate of drug-likeness (QED) is 0.0984. The number of fused-ring (bicyclic) bond motifs is 1. The van der Waals surface area contributed by atoms with Gasteiger partial charge in [0.15, 0.2) is 0 Å². The van der Waals surface area contributed by atoms with E-state index in [9.17, 15) is 14.2 Å².